The molecule has 136 valence electrons. The number of nitrogens with one attached hydrogen (secondary N) is 1. The fraction of sp³-hybridized carbons (Fsp3) is 0.474. The second-order valence-electron chi connectivity index (χ2n) is 6.91. The number of rotatable bonds is 4. The molecule has 2 aliphatic rings. The smallest absolute Gasteiger partial charge is 0.225 e. The van der Waals surface area contributed by atoms with Crippen molar-refractivity contribution >= 4 is 23.4 Å². The fourth-order valence-corrected chi connectivity index (χ4v) is 3.72. The average Bonchev–Trinajstić information content (AvgIpc) is 3.24. The summed E-state index contributed by atoms with van der Waals surface area (Å²) < 4.78 is 0. The lowest BCUT2D eigenvalue weighted by molar-refractivity contribution is -0.135. The number of nitrogens with zero attached hydrogens (tertiary/aromatic N) is 5. The van der Waals surface area contributed by atoms with Crippen molar-refractivity contribution in [1.29, 1.82) is 0 Å². The zero-order valence-electron chi connectivity index (χ0n) is 14.8. The van der Waals surface area contributed by atoms with Crippen LogP contribution >= 0.6 is 0 Å². The van der Waals surface area contributed by atoms with Gasteiger partial charge in [0.25, 0.3) is 0 Å². The van der Waals surface area contributed by atoms with Crippen LogP contribution in [0.2, 0.25) is 0 Å². The lowest BCUT2D eigenvalue weighted by atomic mass is 10.1. The fourth-order valence-electron chi connectivity index (χ4n) is 3.72. The number of carbonyl (C=O) groups is 1. The summed E-state index contributed by atoms with van der Waals surface area (Å²) in [6.07, 6.45) is 6.26. The molecule has 1 saturated carbocycles. The largest absolute Gasteiger partial charge is 0.352 e. The molecule has 7 nitrogen and oxygen atoms in total. The quantitative estimate of drug-likeness (QED) is 0.911. The Balaban J connectivity index is 1.32. The van der Waals surface area contributed by atoms with Gasteiger partial charge in [0.2, 0.25) is 5.91 Å². The summed E-state index contributed by atoms with van der Waals surface area (Å²) in [5, 5.41) is 11.7. The molecule has 2 aromatic heterocycles. The van der Waals surface area contributed by atoms with Gasteiger partial charge in [0.15, 0.2) is 11.6 Å². The van der Waals surface area contributed by atoms with Gasteiger partial charge in [-0.05, 0) is 37.1 Å². The molecule has 0 atom stereocenters. The van der Waals surface area contributed by atoms with Crippen molar-refractivity contribution in [1.82, 2.24) is 20.1 Å². The zero-order chi connectivity index (χ0) is 17.8. The van der Waals surface area contributed by atoms with E-state index in [1.54, 1.807) is 6.20 Å². The van der Waals surface area contributed by atoms with E-state index in [2.05, 4.69) is 25.4 Å². The highest BCUT2D eigenvalue weighted by Crippen LogP contribution is 2.27. The molecule has 7 heteroatoms. The van der Waals surface area contributed by atoms with E-state index in [1.165, 1.54) is 12.8 Å². The van der Waals surface area contributed by atoms with Crippen LogP contribution in [-0.4, -0.2) is 52.2 Å². The molecule has 1 aliphatic carbocycles. The van der Waals surface area contributed by atoms with Crippen LogP contribution in [0.4, 0.5) is 17.5 Å². The van der Waals surface area contributed by atoms with Gasteiger partial charge in [0.05, 0.1) is 0 Å². The zero-order valence-corrected chi connectivity index (χ0v) is 14.8. The predicted molar refractivity (Wildman–Crippen MR) is 100 cm³/mol. The summed E-state index contributed by atoms with van der Waals surface area (Å²) in [6, 6.07) is 9.55. The average molecular weight is 352 g/mol. The number of carbonyl (C=O) groups excluding carboxylic acids is 1. The van der Waals surface area contributed by atoms with Crippen LogP contribution < -0.4 is 10.2 Å². The highest BCUT2D eigenvalue weighted by Gasteiger charge is 2.29. The number of pyridine rings is 1. The number of hydrogen-bond donors (Lipinski definition) is 1. The normalized spacial score (nSPS) is 18.2. The molecule has 0 radical (unpaired) electrons. The number of hydrogen-bond acceptors (Lipinski definition) is 6. The van der Waals surface area contributed by atoms with Crippen molar-refractivity contribution in [2.75, 3.05) is 36.4 Å². The SMILES string of the molecule is O=C(C1CCCC1)N1CCN(c2ccc(Nc3ccccn3)nn2)CC1. The molecule has 26 heavy (non-hydrogen) atoms. The minimum Gasteiger partial charge on any atom is -0.352 e. The molecule has 1 saturated heterocycles. The summed E-state index contributed by atoms with van der Waals surface area (Å²) in [5.41, 5.74) is 0. The van der Waals surface area contributed by atoms with Crippen molar-refractivity contribution in [3.05, 3.63) is 36.5 Å². The summed E-state index contributed by atoms with van der Waals surface area (Å²) in [4.78, 5) is 21.0. The Hall–Kier alpha value is -2.70. The maximum absolute atomic E-state index is 12.5. The van der Waals surface area contributed by atoms with Crippen LogP contribution in [0.5, 0.6) is 0 Å². The molecule has 0 spiro atoms. The number of piperazine rings is 1. The Kier molecular flexibility index (Phi) is 4.95. The van der Waals surface area contributed by atoms with E-state index < -0.39 is 0 Å². The highest BCUT2D eigenvalue weighted by atomic mass is 16.2. The minimum absolute atomic E-state index is 0.262. The van der Waals surface area contributed by atoms with Gasteiger partial charge >= 0.3 is 0 Å². The molecule has 1 N–H and O–H groups in total. The summed E-state index contributed by atoms with van der Waals surface area (Å²) in [5.74, 6) is 2.88. The van der Waals surface area contributed by atoms with E-state index in [0.717, 1.165) is 50.7 Å². The minimum atomic E-state index is 0.262. The monoisotopic (exact) mass is 352 g/mol. The predicted octanol–water partition coefficient (Wildman–Crippen LogP) is 2.45. The van der Waals surface area contributed by atoms with Crippen molar-refractivity contribution in [2.24, 2.45) is 5.92 Å². The van der Waals surface area contributed by atoms with E-state index in [1.807, 2.05) is 35.2 Å². The third-order valence-electron chi connectivity index (χ3n) is 5.19. The van der Waals surface area contributed by atoms with Crippen LogP contribution in [0, 0.1) is 5.92 Å². The molecular weight excluding hydrogens is 328 g/mol. The van der Waals surface area contributed by atoms with Gasteiger partial charge in [0.1, 0.15) is 5.82 Å². The van der Waals surface area contributed by atoms with Crippen LogP contribution in [0.3, 0.4) is 0 Å². The van der Waals surface area contributed by atoms with Gasteiger partial charge in [-0.15, -0.1) is 10.2 Å². The van der Waals surface area contributed by atoms with Crippen molar-refractivity contribution in [3.8, 4) is 0 Å². The summed E-state index contributed by atoms with van der Waals surface area (Å²) in [6.45, 7) is 3.15. The Morgan fingerprint density at radius 2 is 1.77 bits per heavy atom. The molecule has 1 aliphatic heterocycles. The molecule has 2 aromatic rings. The second-order valence-corrected chi connectivity index (χ2v) is 6.91. The first kappa shape index (κ1) is 16.8. The highest BCUT2D eigenvalue weighted by molar-refractivity contribution is 5.79. The Labute approximate surface area is 153 Å². The van der Waals surface area contributed by atoms with Gasteiger partial charge in [-0.3, -0.25) is 4.79 Å². The van der Waals surface area contributed by atoms with Crippen LogP contribution in [0.15, 0.2) is 36.5 Å². The lowest BCUT2D eigenvalue weighted by Gasteiger charge is -2.36. The molecule has 4 rings (SSSR count). The molecule has 0 aromatic carbocycles. The molecule has 0 unspecified atom stereocenters. The van der Waals surface area contributed by atoms with E-state index in [0.29, 0.717) is 11.7 Å². The van der Waals surface area contributed by atoms with E-state index in [9.17, 15) is 4.79 Å². The Morgan fingerprint density at radius 1 is 0.962 bits per heavy atom. The van der Waals surface area contributed by atoms with Gasteiger partial charge in [-0.1, -0.05) is 18.9 Å². The van der Waals surface area contributed by atoms with Gasteiger partial charge < -0.3 is 15.1 Å². The maximum atomic E-state index is 12.5. The first-order chi connectivity index (χ1) is 12.8. The molecule has 2 fully saturated rings. The number of anilines is 3. The Morgan fingerprint density at radius 3 is 2.42 bits per heavy atom. The first-order valence-electron chi connectivity index (χ1n) is 9.35. The summed E-state index contributed by atoms with van der Waals surface area (Å²) in [7, 11) is 0. The van der Waals surface area contributed by atoms with Gasteiger partial charge in [-0.25, -0.2) is 4.98 Å². The standard InChI is InChI=1S/C19H24N6O/c26-19(15-5-1-2-6-15)25-13-11-24(12-14-25)18-9-8-17(22-23-18)21-16-7-3-4-10-20-16/h3-4,7-10,15H,1-2,5-6,11-14H2,(H,20,21,22). The van der Waals surface area contributed by atoms with Crippen LogP contribution in [-0.2, 0) is 4.79 Å². The van der Waals surface area contributed by atoms with Crippen LogP contribution in [0.1, 0.15) is 25.7 Å². The molecule has 0 bridgehead atoms. The summed E-state index contributed by atoms with van der Waals surface area (Å²) >= 11 is 0. The van der Waals surface area contributed by atoms with Crippen molar-refractivity contribution in [2.45, 2.75) is 25.7 Å². The van der Waals surface area contributed by atoms with Crippen LogP contribution in [0.25, 0.3) is 0 Å². The Bertz CT molecular complexity index is 721. The van der Waals surface area contributed by atoms with E-state index in [-0.39, 0.29) is 5.92 Å². The van der Waals surface area contributed by atoms with Gasteiger partial charge in [-0.2, -0.15) is 0 Å². The van der Waals surface area contributed by atoms with Crippen molar-refractivity contribution in [3.63, 3.8) is 0 Å². The molecule has 1 amide bonds. The van der Waals surface area contributed by atoms with E-state index >= 15 is 0 Å². The molecular formula is C19H24N6O. The van der Waals surface area contributed by atoms with Crippen molar-refractivity contribution < 1.29 is 4.79 Å². The maximum Gasteiger partial charge on any atom is 0.225 e. The third-order valence-corrected chi connectivity index (χ3v) is 5.19. The molecule has 3 heterocycles. The number of amides is 1. The van der Waals surface area contributed by atoms with E-state index in [4.69, 9.17) is 0 Å². The first-order valence-corrected chi connectivity index (χ1v) is 9.35. The van der Waals surface area contributed by atoms with Gasteiger partial charge in [0, 0.05) is 38.3 Å². The third kappa shape index (κ3) is 3.76. The second kappa shape index (κ2) is 7.68. The number of aromatic nitrogens is 3. The topological polar surface area (TPSA) is 74.2 Å². The lowest BCUT2D eigenvalue weighted by Crippen LogP contribution is -2.50.